The molecule has 0 unspecified atom stereocenters. The Morgan fingerprint density at radius 1 is 1.03 bits per heavy atom. The van der Waals surface area contributed by atoms with Crippen LogP contribution < -0.4 is 11.2 Å². The van der Waals surface area contributed by atoms with Gasteiger partial charge >= 0.3 is 0 Å². The number of hydrazine groups is 1. The summed E-state index contributed by atoms with van der Waals surface area (Å²) in [4.78, 5) is 16.5. The van der Waals surface area contributed by atoms with E-state index in [4.69, 9.17) is 10.7 Å². The minimum Gasteiger partial charge on any atom is -0.344 e. The second kappa shape index (κ2) is 11.1. The van der Waals surface area contributed by atoms with E-state index in [-0.39, 0.29) is 0 Å². The number of hydrogen-bond donors (Lipinski definition) is 4. The number of imidazole rings is 2. The fourth-order valence-electron chi connectivity index (χ4n) is 6.09. The van der Waals surface area contributed by atoms with E-state index in [2.05, 4.69) is 76.6 Å². The van der Waals surface area contributed by atoms with E-state index < -0.39 is 0 Å². The van der Waals surface area contributed by atoms with Crippen molar-refractivity contribution < 1.29 is 0 Å². The molecule has 4 aromatic rings. The zero-order chi connectivity index (χ0) is 26.9. The summed E-state index contributed by atoms with van der Waals surface area (Å²) in [7, 11) is 2.09. The maximum Gasteiger partial charge on any atom is 0.122 e. The molecule has 0 radical (unpaired) electrons. The average molecular weight is 524 g/mol. The number of nitrogens with zero attached hydrogens (tertiary/aromatic N) is 3. The third-order valence-electron chi connectivity index (χ3n) is 8.48. The molecule has 39 heavy (non-hydrogen) atoms. The van der Waals surface area contributed by atoms with Crippen molar-refractivity contribution in [3.05, 3.63) is 70.6 Å². The highest BCUT2D eigenvalue weighted by molar-refractivity contribution is 5.81. The van der Waals surface area contributed by atoms with Crippen LogP contribution in [0.4, 0.5) is 0 Å². The molecule has 2 aliphatic carbocycles. The molecule has 7 nitrogen and oxygen atoms in total. The van der Waals surface area contributed by atoms with Crippen LogP contribution in [0.15, 0.2) is 36.5 Å². The maximum atomic E-state index is 5.78. The first-order valence-electron chi connectivity index (χ1n) is 14.6. The van der Waals surface area contributed by atoms with Crippen molar-refractivity contribution in [1.29, 1.82) is 0 Å². The zero-order valence-electron chi connectivity index (χ0n) is 23.5. The zero-order valence-corrected chi connectivity index (χ0v) is 23.5. The summed E-state index contributed by atoms with van der Waals surface area (Å²) in [5.41, 5.74) is 22.2. The topological polar surface area (TPSA) is 98.7 Å². The number of nitrogens with one attached hydrogen (secondary N) is 3. The van der Waals surface area contributed by atoms with Crippen LogP contribution in [0, 0.1) is 0 Å². The van der Waals surface area contributed by atoms with Gasteiger partial charge in [0.05, 0.1) is 30.7 Å². The molecule has 2 aromatic heterocycles. The minimum atomic E-state index is 0.421. The van der Waals surface area contributed by atoms with Crippen molar-refractivity contribution in [2.24, 2.45) is 5.73 Å². The van der Waals surface area contributed by atoms with Crippen LogP contribution in [-0.2, 0) is 32.4 Å². The average Bonchev–Trinajstić information content (AvgIpc) is 3.57. The molecule has 2 aliphatic rings. The number of rotatable bonds is 10. The van der Waals surface area contributed by atoms with Crippen molar-refractivity contribution in [2.45, 2.75) is 77.8 Å². The van der Waals surface area contributed by atoms with Crippen LogP contribution in [0.1, 0.15) is 79.5 Å². The Labute approximate surface area is 231 Å². The van der Waals surface area contributed by atoms with Gasteiger partial charge in [0.25, 0.3) is 0 Å². The molecule has 5 N–H and O–H groups in total. The summed E-state index contributed by atoms with van der Waals surface area (Å²) in [6, 6.07) is 11.9. The molecule has 2 aromatic carbocycles. The summed E-state index contributed by atoms with van der Waals surface area (Å²) in [5, 5.41) is 2.13. The van der Waals surface area contributed by atoms with Crippen molar-refractivity contribution in [2.75, 3.05) is 13.6 Å². The normalized spacial score (nSPS) is 14.9. The highest BCUT2D eigenvalue weighted by atomic mass is 15.5. The Morgan fingerprint density at radius 3 is 2.62 bits per heavy atom. The third kappa shape index (κ3) is 5.07. The number of aromatic amines is 2. The Bertz CT molecular complexity index is 1460. The molecule has 0 aliphatic heterocycles. The predicted octanol–water partition coefficient (Wildman–Crippen LogP) is 5.87. The maximum absolute atomic E-state index is 5.78. The molecular weight excluding hydrogens is 482 g/mol. The molecule has 6 rings (SSSR count). The molecule has 0 spiro atoms. The van der Waals surface area contributed by atoms with Gasteiger partial charge in [-0.15, -0.1) is 0 Å². The summed E-state index contributed by atoms with van der Waals surface area (Å²) in [6.07, 6.45) is 9.89. The predicted molar refractivity (Wildman–Crippen MR) is 158 cm³/mol. The second-order valence-corrected chi connectivity index (χ2v) is 11.2. The van der Waals surface area contributed by atoms with Crippen molar-refractivity contribution >= 4 is 0 Å². The molecule has 2 heterocycles. The van der Waals surface area contributed by atoms with E-state index in [0.717, 1.165) is 67.4 Å². The number of aryl methyl sites for hydroxylation is 3. The highest BCUT2D eigenvalue weighted by Gasteiger charge is 2.28. The van der Waals surface area contributed by atoms with E-state index in [0.29, 0.717) is 12.5 Å². The van der Waals surface area contributed by atoms with Crippen molar-refractivity contribution in [3.63, 3.8) is 0 Å². The Morgan fingerprint density at radius 2 is 1.90 bits per heavy atom. The lowest BCUT2D eigenvalue weighted by Gasteiger charge is -2.30. The van der Waals surface area contributed by atoms with Crippen LogP contribution in [0.3, 0.4) is 0 Å². The van der Waals surface area contributed by atoms with E-state index in [1.165, 1.54) is 58.3 Å². The molecule has 0 amide bonds. The van der Waals surface area contributed by atoms with Gasteiger partial charge in [0, 0.05) is 24.8 Å². The molecular formula is C32H41N7. The van der Waals surface area contributed by atoms with Gasteiger partial charge in [-0.1, -0.05) is 38.5 Å². The van der Waals surface area contributed by atoms with Gasteiger partial charge in [-0.3, -0.25) is 5.43 Å². The van der Waals surface area contributed by atoms with E-state index >= 15 is 0 Å². The number of aromatic nitrogens is 4. The fourth-order valence-corrected chi connectivity index (χ4v) is 6.09. The monoisotopic (exact) mass is 523 g/mol. The van der Waals surface area contributed by atoms with Gasteiger partial charge in [0.2, 0.25) is 0 Å². The van der Waals surface area contributed by atoms with Gasteiger partial charge in [0.1, 0.15) is 11.6 Å². The largest absolute Gasteiger partial charge is 0.344 e. The fraction of sp³-hybridized carbons (Fsp3) is 0.438. The number of H-pyrrole nitrogens is 2. The van der Waals surface area contributed by atoms with Crippen LogP contribution in [0.25, 0.3) is 33.6 Å². The van der Waals surface area contributed by atoms with Crippen molar-refractivity contribution in [1.82, 2.24) is 30.4 Å². The van der Waals surface area contributed by atoms with Gasteiger partial charge in [-0.2, -0.15) is 0 Å². The summed E-state index contributed by atoms with van der Waals surface area (Å²) in [6.45, 7) is 6.61. The molecule has 0 bridgehead atoms. The van der Waals surface area contributed by atoms with Gasteiger partial charge < -0.3 is 15.7 Å². The summed E-state index contributed by atoms with van der Waals surface area (Å²) in [5.74, 6) is 2.48. The molecule has 7 heteroatoms. The molecule has 1 saturated carbocycles. The van der Waals surface area contributed by atoms with E-state index in [1.54, 1.807) is 0 Å². The number of nitrogens with two attached hydrogens (primary N) is 1. The minimum absolute atomic E-state index is 0.421. The standard InChI is InChI=1S/C32H41N7/c1-4-13-35-39(3)19-31-36-28-12-10-22-15-27(25(21-7-6-8-21)16-26(22)32(28)38-31)24-11-9-23(14-20(24)5-2)29-18-34-30(17-33)37-29/h9,11,14-16,18,21,35H,4-8,10,12-13,17,19,33H2,1-3H3,(H,34,37)(H,36,38). The number of benzene rings is 2. The van der Waals surface area contributed by atoms with E-state index in [9.17, 15) is 0 Å². The first-order chi connectivity index (χ1) is 19.1. The molecule has 1 fully saturated rings. The number of fused-ring (bicyclic) bond motifs is 3. The first kappa shape index (κ1) is 26.0. The van der Waals surface area contributed by atoms with E-state index in [1.807, 2.05) is 6.20 Å². The lowest BCUT2D eigenvalue weighted by atomic mass is 9.74. The quantitative estimate of drug-likeness (QED) is 0.195. The van der Waals surface area contributed by atoms with Crippen molar-refractivity contribution in [3.8, 4) is 33.6 Å². The Kier molecular flexibility index (Phi) is 7.38. The van der Waals surface area contributed by atoms with Gasteiger partial charge in [-0.05, 0) is 90.0 Å². The van der Waals surface area contributed by atoms with Crippen LogP contribution in [-0.4, -0.2) is 38.5 Å². The molecule has 0 saturated heterocycles. The Hall–Kier alpha value is -3.26. The third-order valence-corrected chi connectivity index (χ3v) is 8.48. The smallest absolute Gasteiger partial charge is 0.122 e. The van der Waals surface area contributed by atoms with Crippen LogP contribution >= 0.6 is 0 Å². The van der Waals surface area contributed by atoms with Gasteiger partial charge in [-0.25, -0.2) is 15.0 Å². The lowest BCUT2D eigenvalue weighted by Crippen LogP contribution is -2.34. The molecule has 0 atom stereocenters. The SMILES string of the molecule is CCCNN(C)Cc1nc2c([nH]1)CCc1cc(-c3ccc(-c4cnc(CN)[nH]4)cc3CC)c(C3CCC3)cc1-2. The second-order valence-electron chi connectivity index (χ2n) is 11.2. The molecule has 204 valence electrons. The van der Waals surface area contributed by atoms with Crippen LogP contribution in [0.2, 0.25) is 0 Å². The summed E-state index contributed by atoms with van der Waals surface area (Å²) >= 11 is 0. The Balaban J connectivity index is 1.38. The van der Waals surface area contributed by atoms with Crippen LogP contribution in [0.5, 0.6) is 0 Å². The first-order valence-corrected chi connectivity index (χ1v) is 14.6. The van der Waals surface area contributed by atoms with Gasteiger partial charge in [0.15, 0.2) is 0 Å². The summed E-state index contributed by atoms with van der Waals surface area (Å²) < 4.78 is 0. The highest BCUT2D eigenvalue weighted by Crippen LogP contribution is 2.46. The lowest BCUT2D eigenvalue weighted by molar-refractivity contribution is 0.222. The number of hydrogen-bond acceptors (Lipinski definition) is 5.